The summed E-state index contributed by atoms with van der Waals surface area (Å²) < 4.78 is 27.4. The molecule has 1 aromatic rings. The van der Waals surface area contributed by atoms with Crippen molar-refractivity contribution in [3.63, 3.8) is 0 Å². The molecule has 3 heteroatoms. The van der Waals surface area contributed by atoms with Gasteiger partial charge in [0, 0.05) is 18.9 Å². The van der Waals surface area contributed by atoms with Crippen LogP contribution >= 0.6 is 0 Å². The molecule has 1 aliphatic carbocycles. The van der Waals surface area contributed by atoms with Crippen molar-refractivity contribution in [2.24, 2.45) is 5.73 Å². The third-order valence-corrected chi connectivity index (χ3v) is 3.38. The van der Waals surface area contributed by atoms with Crippen LogP contribution in [0.2, 0.25) is 0 Å². The Hall–Kier alpha value is -0.960. The van der Waals surface area contributed by atoms with Gasteiger partial charge in [0.1, 0.15) is 0 Å². The number of alkyl halides is 2. The fourth-order valence-electron chi connectivity index (χ4n) is 2.39. The Morgan fingerprint density at radius 1 is 1.19 bits per heavy atom. The minimum Gasteiger partial charge on any atom is -0.326 e. The predicted octanol–water partition coefficient (Wildman–Crippen LogP) is 3.44. The van der Waals surface area contributed by atoms with Crippen molar-refractivity contribution < 1.29 is 8.78 Å². The van der Waals surface area contributed by atoms with Crippen LogP contribution < -0.4 is 5.73 Å². The Balaban J connectivity index is 2.21. The predicted molar refractivity (Wildman–Crippen MR) is 60.5 cm³/mol. The molecule has 0 aliphatic heterocycles. The Morgan fingerprint density at radius 3 is 2.44 bits per heavy atom. The highest BCUT2D eigenvalue weighted by Gasteiger charge is 2.41. The van der Waals surface area contributed by atoms with Gasteiger partial charge in [-0.25, -0.2) is 8.78 Å². The molecule has 1 saturated carbocycles. The highest BCUT2D eigenvalue weighted by molar-refractivity contribution is 5.27. The highest BCUT2D eigenvalue weighted by atomic mass is 19.3. The molecule has 2 rings (SSSR count). The second kappa shape index (κ2) is 4.50. The van der Waals surface area contributed by atoms with Gasteiger partial charge in [0.2, 0.25) is 0 Å². The molecule has 16 heavy (non-hydrogen) atoms. The van der Waals surface area contributed by atoms with Gasteiger partial charge < -0.3 is 5.73 Å². The lowest BCUT2D eigenvalue weighted by Crippen LogP contribution is -2.29. The first-order valence-electron chi connectivity index (χ1n) is 5.80. The molecule has 1 unspecified atom stereocenters. The topological polar surface area (TPSA) is 26.0 Å². The maximum atomic E-state index is 13.7. The number of hydrogen-bond donors (Lipinski definition) is 1. The summed E-state index contributed by atoms with van der Waals surface area (Å²) in [6, 6.07) is 7.29. The van der Waals surface area contributed by atoms with E-state index in [1.54, 1.807) is 12.1 Å². The van der Waals surface area contributed by atoms with Gasteiger partial charge in [-0.2, -0.15) is 0 Å². The van der Waals surface area contributed by atoms with Crippen LogP contribution in [0.5, 0.6) is 0 Å². The number of nitrogens with two attached hydrogens (primary N) is 1. The molecule has 0 aromatic heterocycles. The molecule has 1 aliphatic rings. The number of rotatable bonds is 2. The lowest BCUT2D eigenvalue weighted by molar-refractivity contribution is -0.0547. The first-order valence-corrected chi connectivity index (χ1v) is 5.80. The lowest BCUT2D eigenvalue weighted by atomic mass is 9.81. The number of benzene rings is 1. The molecule has 0 radical (unpaired) electrons. The van der Waals surface area contributed by atoms with Crippen LogP contribution in [0.15, 0.2) is 24.3 Å². The van der Waals surface area contributed by atoms with Crippen molar-refractivity contribution >= 4 is 0 Å². The van der Waals surface area contributed by atoms with Gasteiger partial charge >= 0.3 is 0 Å². The van der Waals surface area contributed by atoms with E-state index < -0.39 is 11.8 Å². The third-order valence-electron chi connectivity index (χ3n) is 3.38. The molecule has 0 heterocycles. The zero-order valence-corrected chi connectivity index (χ0v) is 9.26. The van der Waals surface area contributed by atoms with Crippen molar-refractivity contribution in [1.82, 2.24) is 0 Å². The average molecular weight is 225 g/mol. The van der Waals surface area contributed by atoms with Gasteiger partial charge in [-0.15, -0.1) is 0 Å². The van der Waals surface area contributed by atoms with Crippen molar-refractivity contribution in [3.8, 4) is 0 Å². The lowest BCUT2D eigenvalue weighted by Gasteiger charge is -2.31. The Morgan fingerprint density at radius 2 is 1.88 bits per heavy atom. The smallest absolute Gasteiger partial charge is 0.254 e. The average Bonchev–Trinajstić information content (AvgIpc) is 2.29. The molecule has 2 N–H and O–H groups in total. The normalized spacial score (nSPS) is 24.3. The molecule has 0 spiro atoms. The van der Waals surface area contributed by atoms with Crippen molar-refractivity contribution in [2.45, 2.75) is 44.1 Å². The zero-order chi connectivity index (χ0) is 11.6. The van der Waals surface area contributed by atoms with E-state index in [1.165, 1.54) is 0 Å². The van der Waals surface area contributed by atoms with Crippen molar-refractivity contribution in [3.05, 3.63) is 35.4 Å². The maximum absolute atomic E-state index is 13.7. The standard InChI is InChI=1S/C13H17F2N/c14-13(15)8-2-1-3-12(13)11-6-4-10(9-16)5-7-11/h4-7,12H,1-3,8-9,16H2. The van der Waals surface area contributed by atoms with Crippen molar-refractivity contribution in [2.75, 3.05) is 0 Å². The van der Waals surface area contributed by atoms with Gasteiger partial charge in [0.25, 0.3) is 5.92 Å². The second-order valence-corrected chi connectivity index (χ2v) is 4.51. The van der Waals surface area contributed by atoms with Crippen LogP contribution in [0.25, 0.3) is 0 Å². The Labute approximate surface area is 94.7 Å². The molecule has 0 bridgehead atoms. The SMILES string of the molecule is NCc1ccc(C2CCCCC2(F)F)cc1. The minimum absolute atomic E-state index is 0.0241. The summed E-state index contributed by atoms with van der Waals surface area (Å²) in [4.78, 5) is 0. The van der Waals surface area contributed by atoms with Crippen LogP contribution in [0.4, 0.5) is 8.78 Å². The summed E-state index contributed by atoms with van der Waals surface area (Å²) in [5.74, 6) is -3.14. The van der Waals surface area contributed by atoms with E-state index in [4.69, 9.17) is 5.73 Å². The molecular weight excluding hydrogens is 208 g/mol. The molecule has 1 atom stereocenters. The molecule has 1 aromatic carbocycles. The summed E-state index contributed by atoms with van der Waals surface area (Å²) in [5, 5.41) is 0. The molecule has 1 nitrogen and oxygen atoms in total. The number of hydrogen-bond acceptors (Lipinski definition) is 1. The fraction of sp³-hybridized carbons (Fsp3) is 0.538. The molecule has 1 fully saturated rings. The first-order chi connectivity index (χ1) is 7.63. The van der Waals surface area contributed by atoms with E-state index in [1.807, 2.05) is 12.1 Å². The summed E-state index contributed by atoms with van der Waals surface area (Å²) in [5.41, 5.74) is 7.22. The van der Waals surface area contributed by atoms with Crippen LogP contribution in [-0.4, -0.2) is 5.92 Å². The van der Waals surface area contributed by atoms with Gasteiger partial charge in [0.15, 0.2) is 0 Å². The van der Waals surface area contributed by atoms with Crippen molar-refractivity contribution in [1.29, 1.82) is 0 Å². The summed E-state index contributed by atoms with van der Waals surface area (Å²) in [6.45, 7) is 0.460. The first kappa shape index (κ1) is 11.5. The second-order valence-electron chi connectivity index (χ2n) is 4.51. The van der Waals surface area contributed by atoms with E-state index in [0.717, 1.165) is 17.5 Å². The monoisotopic (exact) mass is 225 g/mol. The summed E-state index contributed by atoms with van der Waals surface area (Å²) in [6.07, 6.45) is 2.16. The highest BCUT2D eigenvalue weighted by Crippen LogP contribution is 2.44. The summed E-state index contributed by atoms with van der Waals surface area (Å²) in [7, 11) is 0. The number of halogens is 2. The Kier molecular flexibility index (Phi) is 3.24. The molecule has 0 amide bonds. The minimum atomic E-state index is -2.54. The largest absolute Gasteiger partial charge is 0.326 e. The van der Waals surface area contributed by atoms with Gasteiger partial charge in [-0.3, -0.25) is 0 Å². The van der Waals surface area contributed by atoms with Crippen LogP contribution in [0.3, 0.4) is 0 Å². The molecule has 0 saturated heterocycles. The van der Waals surface area contributed by atoms with E-state index in [0.29, 0.717) is 19.4 Å². The van der Waals surface area contributed by atoms with E-state index >= 15 is 0 Å². The van der Waals surface area contributed by atoms with E-state index in [2.05, 4.69) is 0 Å². The van der Waals surface area contributed by atoms with E-state index in [-0.39, 0.29) is 6.42 Å². The summed E-state index contributed by atoms with van der Waals surface area (Å²) >= 11 is 0. The zero-order valence-electron chi connectivity index (χ0n) is 9.26. The van der Waals surface area contributed by atoms with Gasteiger partial charge in [0.05, 0.1) is 0 Å². The van der Waals surface area contributed by atoms with Crippen LogP contribution in [-0.2, 0) is 6.54 Å². The van der Waals surface area contributed by atoms with Gasteiger partial charge in [-0.05, 0) is 24.0 Å². The van der Waals surface area contributed by atoms with Crippen LogP contribution in [0, 0.1) is 0 Å². The maximum Gasteiger partial charge on any atom is 0.254 e. The van der Waals surface area contributed by atoms with E-state index in [9.17, 15) is 8.78 Å². The quantitative estimate of drug-likeness (QED) is 0.819. The van der Waals surface area contributed by atoms with Gasteiger partial charge in [-0.1, -0.05) is 30.7 Å². The van der Waals surface area contributed by atoms with Crippen LogP contribution in [0.1, 0.15) is 42.7 Å². The third kappa shape index (κ3) is 2.24. The molecular formula is C13H17F2N. The molecule has 88 valence electrons. The fourth-order valence-corrected chi connectivity index (χ4v) is 2.39. The Bertz CT molecular complexity index is 345.